The molecular weight excluding hydrogens is 328 g/mol. The van der Waals surface area contributed by atoms with Crippen LogP contribution in [0.25, 0.3) is 0 Å². The lowest BCUT2D eigenvalue weighted by Gasteiger charge is -2.15. The lowest BCUT2D eigenvalue weighted by atomic mass is 10.1. The van der Waals surface area contributed by atoms with Crippen molar-refractivity contribution in [3.63, 3.8) is 0 Å². The van der Waals surface area contributed by atoms with Crippen LogP contribution in [0.3, 0.4) is 0 Å². The molecule has 1 aliphatic carbocycles. The molecular formula is C18H21F2N3S. The summed E-state index contributed by atoms with van der Waals surface area (Å²) in [5.74, 6) is -0.0501. The summed E-state index contributed by atoms with van der Waals surface area (Å²) in [4.78, 5) is 4.20. The Hall–Kier alpha value is -1.95. The summed E-state index contributed by atoms with van der Waals surface area (Å²) < 4.78 is 27.7. The minimum Gasteiger partial charge on any atom is -0.356 e. The SMILES string of the molecule is CN=C(NCC(C)c1ccsc1)NC1CC1c1c(F)cccc1F. The fourth-order valence-corrected chi connectivity index (χ4v) is 3.61. The number of aliphatic imine (C=N–C) groups is 1. The molecule has 0 aliphatic heterocycles. The number of guanidine groups is 1. The number of hydrogen-bond acceptors (Lipinski definition) is 2. The van der Waals surface area contributed by atoms with Crippen LogP contribution in [0.15, 0.2) is 40.0 Å². The van der Waals surface area contributed by atoms with Crippen LogP contribution in [0.5, 0.6) is 0 Å². The van der Waals surface area contributed by atoms with Gasteiger partial charge in [0.25, 0.3) is 0 Å². The normalized spacial score (nSPS) is 21.4. The van der Waals surface area contributed by atoms with Crippen LogP contribution >= 0.6 is 11.3 Å². The molecule has 1 fully saturated rings. The number of hydrogen-bond donors (Lipinski definition) is 2. The van der Waals surface area contributed by atoms with Crippen molar-refractivity contribution in [1.29, 1.82) is 0 Å². The second-order valence-electron chi connectivity index (χ2n) is 6.14. The number of halogens is 2. The summed E-state index contributed by atoms with van der Waals surface area (Å²) in [5.41, 5.74) is 1.47. The molecule has 0 spiro atoms. The molecule has 2 aromatic rings. The van der Waals surface area contributed by atoms with E-state index in [4.69, 9.17) is 0 Å². The molecule has 0 bridgehead atoms. The smallest absolute Gasteiger partial charge is 0.191 e. The highest BCUT2D eigenvalue weighted by atomic mass is 32.1. The third-order valence-corrected chi connectivity index (χ3v) is 5.10. The predicted molar refractivity (Wildman–Crippen MR) is 94.7 cm³/mol. The summed E-state index contributed by atoms with van der Waals surface area (Å²) in [5, 5.41) is 10.7. The molecule has 1 aromatic heterocycles. The van der Waals surface area contributed by atoms with Crippen molar-refractivity contribution < 1.29 is 8.78 Å². The summed E-state index contributed by atoms with van der Waals surface area (Å²) >= 11 is 1.68. The largest absolute Gasteiger partial charge is 0.356 e. The summed E-state index contributed by atoms with van der Waals surface area (Å²) in [6.45, 7) is 2.90. The molecule has 3 unspecified atom stereocenters. The predicted octanol–water partition coefficient (Wildman–Crippen LogP) is 3.85. The van der Waals surface area contributed by atoms with Crippen molar-refractivity contribution in [2.24, 2.45) is 4.99 Å². The van der Waals surface area contributed by atoms with Crippen molar-refractivity contribution in [1.82, 2.24) is 10.6 Å². The van der Waals surface area contributed by atoms with E-state index in [1.807, 2.05) is 0 Å². The Kier molecular flexibility index (Phi) is 5.14. The summed E-state index contributed by atoms with van der Waals surface area (Å²) in [6, 6.07) is 6.14. The molecule has 128 valence electrons. The van der Waals surface area contributed by atoms with Gasteiger partial charge in [-0.1, -0.05) is 13.0 Å². The molecule has 24 heavy (non-hydrogen) atoms. The Morgan fingerprint density at radius 1 is 1.33 bits per heavy atom. The molecule has 6 heteroatoms. The van der Waals surface area contributed by atoms with Gasteiger partial charge in [0.2, 0.25) is 0 Å². The quantitative estimate of drug-likeness (QED) is 0.635. The van der Waals surface area contributed by atoms with Crippen molar-refractivity contribution in [2.75, 3.05) is 13.6 Å². The maximum atomic E-state index is 13.8. The minimum atomic E-state index is -0.474. The topological polar surface area (TPSA) is 36.4 Å². The van der Waals surface area contributed by atoms with E-state index in [-0.39, 0.29) is 17.5 Å². The van der Waals surface area contributed by atoms with E-state index in [1.54, 1.807) is 18.4 Å². The lowest BCUT2D eigenvalue weighted by Crippen LogP contribution is -2.40. The van der Waals surface area contributed by atoms with Gasteiger partial charge in [-0.2, -0.15) is 11.3 Å². The van der Waals surface area contributed by atoms with Crippen molar-refractivity contribution in [3.8, 4) is 0 Å². The van der Waals surface area contributed by atoms with Crippen LogP contribution in [-0.2, 0) is 0 Å². The maximum Gasteiger partial charge on any atom is 0.191 e. The zero-order chi connectivity index (χ0) is 17.1. The Morgan fingerprint density at radius 3 is 2.71 bits per heavy atom. The van der Waals surface area contributed by atoms with E-state index in [0.29, 0.717) is 18.3 Å². The molecule has 2 N–H and O–H groups in total. The first-order valence-electron chi connectivity index (χ1n) is 8.03. The highest BCUT2D eigenvalue weighted by Gasteiger charge is 2.42. The number of rotatable bonds is 5. The zero-order valence-electron chi connectivity index (χ0n) is 13.7. The second kappa shape index (κ2) is 7.30. The van der Waals surface area contributed by atoms with Crippen LogP contribution in [0.4, 0.5) is 8.78 Å². The average Bonchev–Trinajstić information content (AvgIpc) is 3.09. The van der Waals surface area contributed by atoms with Gasteiger partial charge in [0, 0.05) is 31.1 Å². The highest BCUT2D eigenvalue weighted by Crippen LogP contribution is 2.43. The lowest BCUT2D eigenvalue weighted by molar-refractivity contribution is 0.553. The average molecular weight is 349 g/mol. The standard InChI is InChI=1S/C18H21F2N3S/c1-11(12-6-7-24-10-12)9-22-18(21-2)23-16-8-13(16)17-14(19)4-3-5-15(17)20/h3-7,10-11,13,16H,8-9H2,1-2H3,(H2,21,22,23). The van der Waals surface area contributed by atoms with E-state index in [1.165, 1.54) is 23.8 Å². The maximum absolute atomic E-state index is 13.8. The molecule has 0 saturated heterocycles. The number of benzene rings is 1. The second-order valence-corrected chi connectivity index (χ2v) is 6.92. The molecule has 0 radical (unpaired) electrons. The first-order chi connectivity index (χ1) is 11.6. The van der Waals surface area contributed by atoms with Crippen molar-refractivity contribution in [2.45, 2.75) is 31.2 Å². The minimum absolute atomic E-state index is 0.0130. The Morgan fingerprint density at radius 2 is 2.08 bits per heavy atom. The molecule has 1 aliphatic rings. The van der Waals surface area contributed by atoms with Gasteiger partial charge < -0.3 is 10.6 Å². The highest BCUT2D eigenvalue weighted by molar-refractivity contribution is 7.07. The van der Waals surface area contributed by atoms with Gasteiger partial charge in [0.1, 0.15) is 11.6 Å². The van der Waals surface area contributed by atoms with E-state index in [9.17, 15) is 8.78 Å². The molecule has 3 nitrogen and oxygen atoms in total. The number of nitrogens with zero attached hydrogens (tertiary/aromatic N) is 1. The number of nitrogens with one attached hydrogen (secondary N) is 2. The molecule has 3 rings (SSSR count). The molecule has 0 amide bonds. The van der Waals surface area contributed by atoms with Gasteiger partial charge in [0.05, 0.1) is 0 Å². The number of thiophene rings is 1. The van der Waals surface area contributed by atoms with Crippen LogP contribution in [0.1, 0.15) is 36.3 Å². The van der Waals surface area contributed by atoms with Crippen LogP contribution in [0.2, 0.25) is 0 Å². The van der Waals surface area contributed by atoms with Gasteiger partial charge >= 0.3 is 0 Å². The van der Waals surface area contributed by atoms with E-state index >= 15 is 0 Å². The summed E-state index contributed by atoms with van der Waals surface area (Å²) in [7, 11) is 1.70. The van der Waals surface area contributed by atoms with Gasteiger partial charge in [0.15, 0.2) is 5.96 Å². The van der Waals surface area contributed by atoms with Crippen molar-refractivity contribution in [3.05, 3.63) is 57.8 Å². The fourth-order valence-electron chi connectivity index (χ4n) is 2.83. The molecule has 3 atom stereocenters. The van der Waals surface area contributed by atoms with E-state index < -0.39 is 11.6 Å². The monoisotopic (exact) mass is 349 g/mol. The summed E-state index contributed by atoms with van der Waals surface area (Å²) in [6.07, 6.45) is 0.707. The van der Waals surface area contributed by atoms with Gasteiger partial charge in [-0.05, 0) is 46.9 Å². The molecule has 1 heterocycles. The van der Waals surface area contributed by atoms with E-state index in [0.717, 1.165) is 6.54 Å². The first kappa shape index (κ1) is 16.9. The molecule has 1 aromatic carbocycles. The van der Waals surface area contributed by atoms with Crippen LogP contribution in [-0.4, -0.2) is 25.6 Å². The first-order valence-corrected chi connectivity index (χ1v) is 8.97. The van der Waals surface area contributed by atoms with Crippen LogP contribution in [0, 0.1) is 11.6 Å². The molecule has 1 saturated carbocycles. The Bertz CT molecular complexity index is 695. The third kappa shape index (κ3) is 3.75. The zero-order valence-corrected chi connectivity index (χ0v) is 14.5. The van der Waals surface area contributed by atoms with Gasteiger partial charge in [-0.25, -0.2) is 8.78 Å². The Balaban J connectivity index is 1.54. The third-order valence-electron chi connectivity index (χ3n) is 4.39. The Labute approximate surface area is 144 Å². The van der Waals surface area contributed by atoms with Gasteiger partial charge in [-0.15, -0.1) is 0 Å². The van der Waals surface area contributed by atoms with Gasteiger partial charge in [-0.3, -0.25) is 4.99 Å². The van der Waals surface area contributed by atoms with E-state index in [2.05, 4.69) is 39.4 Å². The van der Waals surface area contributed by atoms with Crippen molar-refractivity contribution >= 4 is 17.3 Å². The van der Waals surface area contributed by atoms with Crippen LogP contribution < -0.4 is 10.6 Å². The fraction of sp³-hybridized carbons (Fsp3) is 0.389.